The van der Waals surface area contributed by atoms with Gasteiger partial charge in [0, 0.05) is 14.1 Å². The monoisotopic (exact) mass is 455 g/mol. The first-order valence-corrected chi connectivity index (χ1v) is 11.6. The molecule has 0 atom stereocenters. The quantitative estimate of drug-likeness (QED) is 0.606. The van der Waals surface area contributed by atoms with Crippen LogP contribution in [0.5, 0.6) is 11.5 Å². The minimum absolute atomic E-state index is 0. The van der Waals surface area contributed by atoms with Crippen LogP contribution in [0.25, 0.3) is 11.1 Å². The minimum Gasteiger partial charge on any atom is -0.454 e. The maximum atomic E-state index is 13.2. The first kappa shape index (κ1) is 20.5. The van der Waals surface area contributed by atoms with Gasteiger partial charge in [-0.3, -0.25) is 9.78 Å². The zero-order valence-corrected chi connectivity index (χ0v) is 18.1. The molecule has 0 bridgehead atoms. The molecule has 1 saturated carbocycles. The summed E-state index contributed by atoms with van der Waals surface area (Å²) in [6, 6.07) is 13.7. The Morgan fingerprint density at radius 3 is 2.66 bits per heavy atom. The number of carbonyl (C=O) groups excluding carboxylic acids is 1. The Balaban J connectivity index is 0.00000162. The number of primary sulfonamides is 1. The van der Waals surface area contributed by atoms with E-state index in [1.54, 1.807) is 24.4 Å². The van der Waals surface area contributed by atoms with E-state index in [2.05, 4.69) is 10.3 Å². The molecule has 0 unspecified atom stereocenters. The number of nitrogens with zero attached hydrogens (tertiary/aromatic N) is 1. The van der Waals surface area contributed by atoms with Gasteiger partial charge in [0.05, 0.1) is 22.2 Å². The predicted molar refractivity (Wildman–Crippen MR) is 122 cm³/mol. The molecule has 168 valence electrons. The summed E-state index contributed by atoms with van der Waals surface area (Å²) in [5.41, 5.74) is 2.87. The summed E-state index contributed by atoms with van der Waals surface area (Å²) in [6.45, 7) is 2.00. The maximum Gasteiger partial charge on any atom is 0.238 e. The number of sulfonamides is 1. The number of aryl methyl sites for hydroxylation is 1. The highest BCUT2D eigenvalue weighted by molar-refractivity contribution is 7.89. The van der Waals surface area contributed by atoms with E-state index >= 15 is 0 Å². The number of hydrogen-bond donors (Lipinski definition) is 2. The van der Waals surface area contributed by atoms with Gasteiger partial charge in [0.1, 0.15) is 0 Å². The summed E-state index contributed by atoms with van der Waals surface area (Å²) in [5.74, 6) is 1.21. The van der Waals surface area contributed by atoms with E-state index in [1.807, 2.05) is 25.1 Å². The maximum absolute atomic E-state index is 13.2. The number of pyridine rings is 1. The molecule has 3 aromatic rings. The number of fused-ring (bicyclic) bond motifs is 1. The summed E-state index contributed by atoms with van der Waals surface area (Å²) in [6.07, 6.45) is 3.07. The van der Waals surface area contributed by atoms with Crippen LogP contribution in [-0.4, -0.2) is 26.1 Å². The molecule has 8 nitrogen and oxygen atoms in total. The summed E-state index contributed by atoms with van der Waals surface area (Å²) >= 11 is 0. The lowest BCUT2D eigenvalue weighted by Gasteiger charge is -2.17. The third kappa shape index (κ3) is 3.59. The fourth-order valence-electron chi connectivity index (χ4n) is 3.95. The fourth-order valence-corrected chi connectivity index (χ4v) is 4.51. The van der Waals surface area contributed by atoms with Crippen LogP contribution in [0.3, 0.4) is 0 Å². The lowest BCUT2D eigenvalue weighted by atomic mass is 9.94. The zero-order valence-electron chi connectivity index (χ0n) is 17.3. The summed E-state index contributed by atoms with van der Waals surface area (Å²) < 4.78 is 34.3. The Labute approximate surface area is 188 Å². The van der Waals surface area contributed by atoms with Crippen LogP contribution >= 0.6 is 0 Å². The molecule has 5 rings (SSSR count). The Morgan fingerprint density at radius 2 is 1.91 bits per heavy atom. The van der Waals surface area contributed by atoms with Gasteiger partial charge in [-0.2, -0.15) is 0 Å². The molecule has 0 radical (unpaired) electrons. The lowest BCUT2D eigenvalue weighted by Crippen LogP contribution is -2.27. The van der Waals surface area contributed by atoms with Crippen molar-refractivity contribution >= 4 is 21.6 Å². The van der Waals surface area contributed by atoms with Crippen molar-refractivity contribution < 1.29 is 25.5 Å². The van der Waals surface area contributed by atoms with E-state index in [0.29, 0.717) is 34.0 Å². The molecule has 2 aromatic carbocycles. The molecule has 32 heavy (non-hydrogen) atoms. The summed E-state index contributed by atoms with van der Waals surface area (Å²) in [5, 5.41) is 8.24. The van der Waals surface area contributed by atoms with Gasteiger partial charge in [0.25, 0.3) is 0 Å². The molecular weight excluding hydrogens is 430 g/mol. The molecule has 2 heterocycles. The van der Waals surface area contributed by atoms with Gasteiger partial charge in [-0.25, -0.2) is 13.6 Å². The molecule has 1 aromatic heterocycles. The van der Waals surface area contributed by atoms with E-state index < -0.39 is 15.4 Å². The van der Waals surface area contributed by atoms with Crippen molar-refractivity contribution in [1.29, 1.82) is 0 Å². The SMILES string of the molecule is Cc1ncc(NC(=O)C2(c3ccc4c(c3)OCO4)CC2)cc1-c1cccc(S(N)(=O)=O)c1.[HH].[HH]. The van der Waals surface area contributed by atoms with Crippen LogP contribution in [-0.2, 0) is 20.2 Å². The second kappa shape index (κ2) is 7.32. The highest BCUT2D eigenvalue weighted by Gasteiger charge is 2.51. The van der Waals surface area contributed by atoms with E-state index in [9.17, 15) is 13.2 Å². The van der Waals surface area contributed by atoms with Gasteiger partial charge >= 0.3 is 0 Å². The molecule has 9 heteroatoms. The minimum atomic E-state index is -3.83. The first-order valence-electron chi connectivity index (χ1n) is 10.1. The van der Waals surface area contributed by atoms with Crippen LogP contribution in [0.15, 0.2) is 59.6 Å². The molecule has 0 spiro atoms. The van der Waals surface area contributed by atoms with Gasteiger partial charge in [0.2, 0.25) is 22.7 Å². The van der Waals surface area contributed by atoms with Gasteiger partial charge in [-0.05, 0) is 61.2 Å². The topological polar surface area (TPSA) is 121 Å². The molecular formula is C23H25N3O5S. The van der Waals surface area contributed by atoms with Gasteiger partial charge in [-0.1, -0.05) is 18.2 Å². The van der Waals surface area contributed by atoms with Crippen LogP contribution in [0, 0.1) is 6.92 Å². The molecule has 2 aliphatic rings. The number of rotatable bonds is 5. The van der Waals surface area contributed by atoms with Crippen LogP contribution in [0.4, 0.5) is 5.69 Å². The Kier molecular flexibility index (Phi) is 4.68. The lowest BCUT2D eigenvalue weighted by molar-refractivity contribution is -0.118. The van der Waals surface area contributed by atoms with Crippen molar-refractivity contribution in [2.75, 3.05) is 12.1 Å². The standard InChI is InChI=1S/C23H21N3O5S.2H2/c1-14-19(15-3-2-4-18(9-15)32(24,28)29)11-17(12-25-14)26-22(27)23(7-8-23)16-5-6-20-21(10-16)31-13-30-20;;/h2-6,9-12H,7-8,13H2,1H3,(H,26,27)(H2,24,28,29);2*1H. The number of nitrogens with two attached hydrogens (primary N) is 1. The third-order valence-corrected chi connectivity index (χ3v) is 6.84. The van der Waals surface area contributed by atoms with Gasteiger partial charge in [-0.15, -0.1) is 0 Å². The number of nitrogens with one attached hydrogen (secondary N) is 1. The smallest absolute Gasteiger partial charge is 0.238 e. The van der Waals surface area contributed by atoms with Crippen molar-refractivity contribution in [3.8, 4) is 22.6 Å². The highest BCUT2D eigenvalue weighted by Crippen LogP contribution is 2.51. The average molecular weight is 456 g/mol. The van der Waals surface area contributed by atoms with Crippen molar-refractivity contribution in [3.05, 3.63) is 66.0 Å². The van der Waals surface area contributed by atoms with E-state index in [-0.39, 0.29) is 20.4 Å². The number of amides is 1. The van der Waals surface area contributed by atoms with E-state index in [0.717, 1.165) is 18.4 Å². The number of ether oxygens (including phenoxy) is 2. The zero-order chi connectivity index (χ0) is 22.5. The average Bonchev–Trinajstić information content (AvgIpc) is 3.45. The number of benzene rings is 2. The van der Waals surface area contributed by atoms with Crippen molar-refractivity contribution in [3.63, 3.8) is 0 Å². The molecule has 1 amide bonds. The van der Waals surface area contributed by atoms with Crippen LogP contribution in [0.1, 0.15) is 27.0 Å². The summed E-state index contributed by atoms with van der Waals surface area (Å²) in [7, 11) is -3.83. The molecule has 3 N–H and O–H groups in total. The highest BCUT2D eigenvalue weighted by atomic mass is 32.2. The third-order valence-electron chi connectivity index (χ3n) is 5.93. The molecule has 1 aliphatic carbocycles. The number of aromatic nitrogens is 1. The fraction of sp³-hybridized carbons (Fsp3) is 0.217. The number of anilines is 1. The largest absolute Gasteiger partial charge is 0.454 e. The van der Waals surface area contributed by atoms with Crippen LogP contribution in [0.2, 0.25) is 0 Å². The number of hydrogen-bond acceptors (Lipinski definition) is 6. The Morgan fingerprint density at radius 1 is 1.12 bits per heavy atom. The van der Waals surface area contributed by atoms with Crippen molar-refractivity contribution in [2.45, 2.75) is 30.1 Å². The van der Waals surface area contributed by atoms with Crippen molar-refractivity contribution in [2.24, 2.45) is 5.14 Å². The normalized spacial score (nSPS) is 15.9. The number of carbonyl (C=O) groups is 1. The predicted octanol–water partition coefficient (Wildman–Crippen LogP) is 3.60. The Hall–Kier alpha value is -3.43. The van der Waals surface area contributed by atoms with Crippen LogP contribution < -0.4 is 19.9 Å². The van der Waals surface area contributed by atoms with Gasteiger partial charge in [0.15, 0.2) is 11.5 Å². The van der Waals surface area contributed by atoms with Gasteiger partial charge < -0.3 is 14.8 Å². The molecule has 1 aliphatic heterocycles. The Bertz CT molecular complexity index is 1360. The van der Waals surface area contributed by atoms with Crippen molar-refractivity contribution in [1.82, 2.24) is 4.98 Å². The molecule has 1 fully saturated rings. The second-order valence-corrected chi connectivity index (χ2v) is 9.60. The van der Waals surface area contributed by atoms with E-state index in [4.69, 9.17) is 14.6 Å². The second-order valence-electron chi connectivity index (χ2n) is 8.03. The summed E-state index contributed by atoms with van der Waals surface area (Å²) in [4.78, 5) is 17.6. The van der Waals surface area contributed by atoms with E-state index in [1.165, 1.54) is 12.1 Å². The first-order chi connectivity index (χ1) is 15.3. The molecule has 0 saturated heterocycles.